The zero-order chi connectivity index (χ0) is 21.8. The van der Waals surface area contributed by atoms with Crippen LogP contribution < -0.4 is 5.32 Å². The van der Waals surface area contributed by atoms with Gasteiger partial charge in [0.15, 0.2) is 5.13 Å². The van der Waals surface area contributed by atoms with Gasteiger partial charge in [-0.1, -0.05) is 32.0 Å². The summed E-state index contributed by atoms with van der Waals surface area (Å²) in [5.41, 5.74) is 2.24. The largest absolute Gasteiger partial charge is 0.341 e. The Kier molecular flexibility index (Phi) is 6.58. The lowest BCUT2D eigenvalue weighted by atomic mass is 9.99. The second-order valence-electron chi connectivity index (χ2n) is 7.69. The molecular weight excluding hydrogens is 410 g/mol. The Morgan fingerprint density at radius 1 is 1.26 bits per heavy atom. The van der Waals surface area contributed by atoms with Gasteiger partial charge in [-0.05, 0) is 31.6 Å². The third kappa shape index (κ3) is 4.75. The lowest BCUT2D eigenvalue weighted by Gasteiger charge is -2.22. The summed E-state index contributed by atoms with van der Waals surface area (Å²) in [5, 5.41) is 6.09. The molecule has 0 aliphatic carbocycles. The Morgan fingerprint density at radius 3 is 2.81 bits per heavy atom. The first kappa shape index (κ1) is 21.4. The molecule has 4 rings (SSSR count). The van der Waals surface area contributed by atoms with Gasteiger partial charge in [0.05, 0.1) is 17.6 Å². The van der Waals surface area contributed by atoms with E-state index in [2.05, 4.69) is 29.0 Å². The molecule has 0 saturated carbocycles. The molecule has 162 valence electrons. The molecule has 2 aromatic heterocycles. The fraction of sp³-hybridized carbons (Fsp3) is 0.391. The summed E-state index contributed by atoms with van der Waals surface area (Å²) in [6, 6.07) is 9.56. The molecular formula is C23H27N5O2S. The number of thiazole rings is 1. The topological polar surface area (TPSA) is 78.4 Å². The van der Waals surface area contributed by atoms with Crippen molar-refractivity contribution in [1.82, 2.24) is 19.8 Å². The highest BCUT2D eigenvalue weighted by Crippen LogP contribution is 2.30. The van der Waals surface area contributed by atoms with Gasteiger partial charge in [0, 0.05) is 41.7 Å². The highest BCUT2D eigenvalue weighted by atomic mass is 32.1. The van der Waals surface area contributed by atoms with Gasteiger partial charge in [0.2, 0.25) is 5.91 Å². The summed E-state index contributed by atoms with van der Waals surface area (Å²) in [4.78, 5) is 38.8. The Bertz CT molecular complexity index is 1070. The first-order valence-electron chi connectivity index (χ1n) is 10.7. The van der Waals surface area contributed by atoms with Crippen molar-refractivity contribution in [2.45, 2.75) is 26.2 Å². The van der Waals surface area contributed by atoms with Crippen LogP contribution in [0.3, 0.4) is 0 Å². The van der Waals surface area contributed by atoms with Crippen LogP contribution in [0.25, 0.3) is 10.9 Å². The zero-order valence-electron chi connectivity index (χ0n) is 17.9. The van der Waals surface area contributed by atoms with Gasteiger partial charge >= 0.3 is 0 Å². The van der Waals surface area contributed by atoms with E-state index in [0.717, 1.165) is 42.7 Å². The molecule has 0 radical (unpaired) electrons. The molecule has 1 aliphatic heterocycles. The second kappa shape index (κ2) is 9.53. The maximum atomic E-state index is 13.0. The molecule has 0 spiro atoms. The number of anilines is 1. The minimum atomic E-state index is -0.192. The summed E-state index contributed by atoms with van der Waals surface area (Å²) < 4.78 is 0. The van der Waals surface area contributed by atoms with E-state index in [4.69, 9.17) is 4.98 Å². The molecule has 3 aromatic rings. The van der Waals surface area contributed by atoms with Gasteiger partial charge in [-0.3, -0.25) is 24.8 Å². The number of amides is 2. The van der Waals surface area contributed by atoms with Crippen molar-refractivity contribution in [3.8, 4) is 0 Å². The fourth-order valence-electron chi connectivity index (χ4n) is 4.01. The van der Waals surface area contributed by atoms with Crippen LogP contribution in [0.15, 0.2) is 41.9 Å². The summed E-state index contributed by atoms with van der Waals surface area (Å²) >= 11 is 1.39. The number of carbonyl (C=O) groups is 2. The van der Waals surface area contributed by atoms with E-state index in [1.807, 2.05) is 40.6 Å². The molecule has 1 fully saturated rings. The van der Waals surface area contributed by atoms with Crippen molar-refractivity contribution in [2.75, 3.05) is 38.0 Å². The number of likely N-dealkylation sites (tertiary alicyclic amines) is 1. The van der Waals surface area contributed by atoms with E-state index >= 15 is 0 Å². The second-order valence-corrected chi connectivity index (χ2v) is 8.58. The Balaban J connectivity index is 1.57. The van der Waals surface area contributed by atoms with Crippen LogP contribution in [0.4, 0.5) is 5.13 Å². The number of likely N-dealkylation sites (N-methyl/N-ethyl adjacent to an activating group) is 1. The van der Waals surface area contributed by atoms with Crippen molar-refractivity contribution in [3.05, 3.63) is 53.2 Å². The van der Waals surface area contributed by atoms with Crippen LogP contribution in [-0.4, -0.2) is 64.3 Å². The van der Waals surface area contributed by atoms with E-state index in [-0.39, 0.29) is 17.7 Å². The molecule has 1 N–H and O–H groups in total. The number of pyridine rings is 1. The number of para-hydroxylation sites is 1. The maximum Gasteiger partial charge on any atom is 0.258 e. The van der Waals surface area contributed by atoms with Gasteiger partial charge in [-0.2, -0.15) is 0 Å². The Hall–Kier alpha value is -2.84. The highest BCUT2D eigenvalue weighted by molar-refractivity contribution is 7.13. The van der Waals surface area contributed by atoms with E-state index in [0.29, 0.717) is 23.8 Å². The molecule has 3 heterocycles. The zero-order valence-corrected chi connectivity index (χ0v) is 18.7. The summed E-state index contributed by atoms with van der Waals surface area (Å²) in [5.74, 6) is 0.0904. The van der Waals surface area contributed by atoms with Crippen molar-refractivity contribution in [2.24, 2.45) is 0 Å². The average molecular weight is 438 g/mol. The monoisotopic (exact) mass is 437 g/mol. The third-order valence-corrected chi connectivity index (χ3v) is 6.53. The van der Waals surface area contributed by atoms with Crippen LogP contribution in [0.2, 0.25) is 0 Å². The van der Waals surface area contributed by atoms with Gasteiger partial charge in [-0.15, -0.1) is 11.3 Å². The number of fused-ring (bicyclic) bond motifs is 1. The number of rotatable bonds is 7. The molecule has 1 saturated heterocycles. The molecule has 0 bridgehead atoms. The lowest BCUT2D eigenvalue weighted by molar-refractivity contribution is -0.131. The van der Waals surface area contributed by atoms with Crippen molar-refractivity contribution < 1.29 is 9.59 Å². The predicted molar refractivity (Wildman–Crippen MR) is 124 cm³/mol. The Labute approximate surface area is 186 Å². The third-order valence-electron chi connectivity index (χ3n) is 5.85. The van der Waals surface area contributed by atoms with Crippen LogP contribution >= 0.6 is 11.3 Å². The van der Waals surface area contributed by atoms with E-state index in [1.54, 1.807) is 6.20 Å². The van der Waals surface area contributed by atoms with Gasteiger partial charge in [0.25, 0.3) is 5.91 Å². The molecule has 8 heteroatoms. The van der Waals surface area contributed by atoms with Crippen LogP contribution in [0, 0.1) is 0 Å². The average Bonchev–Trinajstić information content (AvgIpc) is 3.49. The molecule has 1 aliphatic rings. The first-order valence-corrected chi connectivity index (χ1v) is 11.6. The molecule has 0 unspecified atom stereocenters. The molecule has 7 nitrogen and oxygen atoms in total. The number of nitrogens with zero attached hydrogens (tertiary/aromatic N) is 4. The van der Waals surface area contributed by atoms with Crippen molar-refractivity contribution in [1.29, 1.82) is 0 Å². The predicted octanol–water partition coefficient (Wildman–Crippen LogP) is 3.60. The number of carbonyl (C=O) groups excluding carboxylic acids is 2. The van der Waals surface area contributed by atoms with Crippen LogP contribution in [0.1, 0.15) is 42.2 Å². The van der Waals surface area contributed by atoms with E-state index < -0.39 is 0 Å². The van der Waals surface area contributed by atoms with Gasteiger partial charge in [-0.25, -0.2) is 4.98 Å². The first-order chi connectivity index (χ1) is 15.1. The van der Waals surface area contributed by atoms with E-state index in [1.165, 1.54) is 11.3 Å². The number of benzene rings is 1. The van der Waals surface area contributed by atoms with E-state index in [9.17, 15) is 9.59 Å². The highest BCUT2D eigenvalue weighted by Gasteiger charge is 2.29. The minimum Gasteiger partial charge on any atom is -0.341 e. The summed E-state index contributed by atoms with van der Waals surface area (Å²) in [6.45, 7) is 7.68. The smallest absolute Gasteiger partial charge is 0.258 e. The Morgan fingerprint density at radius 2 is 2.06 bits per heavy atom. The molecule has 1 aromatic carbocycles. The quantitative estimate of drug-likeness (QED) is 0.611. The number of hydrogen-bond acceptors (Lipinski definition) is 6. The molecule has 2 amide bonds. The van der Waals surface area contributed by atoms with Crippen LogP contribution in [-0.2, 0) is 4.79 Å². The van der Waals surface area contributed by atoms with Crippen molar-refractivity contribution >= 4 is 39.2 Å². The minimum absolute atomic E-state index is 0.122. The number of nitrogens with one attached hydrogen (secondary N) is 1. The van der Waals surface area contributed by atoms with Gasteiger partial charge in [0.1, 0.15) is 0 Å². The number of hydrogen-bond donors (Lipinski definition) is 1. The fourth-order valence-corrected chi connectivity index (χ4v) is 4.53. The standard InChI is InChI=1S/C23H27N5O2S/c1-3-27(4-2)15-21(29)28-11-9-16(14-28)20-13-18(17-7-5-6-8-19(17)25-20)22(30)26-23-24-10-12-31-23/h5-8,10,12-13,16H,3-4,9,11,14-15H2,1-2H3,(H,24,26,30)/t16-/m0/s1. The van der Waals surface area contributed by atoms with Gasteiger partial charge < -0.3 is 4.90 Å². The van der Waals surface area contributed by atoms with Crippen LogP contribution in [0.5, 0.6) is 0 Å². The molecule has 1 atom stereocenters. The van der Waals surface area contributed by atoms with Crippen molar-refractivity contribution in [3.63, 3.8) is 0 Å². The summed E-state index contributed by atoms with van der Waals surface area (Å²) in [6.07, 6.45) is 2.52. The summed E-state index contributed by atoms with van der Waals surface area (Å²) in [7, 11) is 0. The molecule has 31 heavy (non-hydrogen) atoms. The normalized spacial score (nSPS) is 16.2. The number of aromatic nitrogens is 2. The SMILES string of the molecule is CCN(CC)CC(=O)N1CC[C@H](c2cc(C(=O)Nc3nccs3)c3ccccc3n2)C1. The lowest BCUT2D eigenvalue weighted by Crippen LogP contribution is -2.39. The maximum absolute atomic E-state index is 13.0.